The molecular formula is C12H19NO2S. The molecule has 1 rings (SSSR count). The first kappa shape index (κ1) is 13.4. The Hall–Kier alpha value is -0.710. The zero-order valence-corrected chi connectivity index (χ0v) is 10.5. The van der Waals surface area contributed by atoms with Crippen molar-refractivity contribution in [2.45, 2.75) is 11.8 Å². The lowest BCUT2D eigenvalue weighted by Crippen LogP contribution is -2.34. The average molecular weight is 241 g/mol. The Labute approximate surface area is 101 Å². The zero-order chi connectivity index (χ0) is 12.0. The highest BCUT2D eigenvalue weighted by Crippen LogP contribution is 2.26. The van der Waals surface area contributed by atoms with E-state index in [1.54, 1.807) is 11.8 Å². The minimum absolute atomic E-state index is 0.0298. The summed E-state index contributed by atoms with van der Waals surface area (Å²) in [7, 11) is 0. The molecule has 3 N–H and O–H groups in total. The zero-order valence-electron chi connectivity index (χ0n) is 9.73. The fourth-order valence-electron chi connectivity index (χ4n) is 1.26. The second-order valence-corrected chi connectivity index (χ2v) is 5.03. The lowest BCUT2D eigenvalue weighted by Gasteiger charge is -2.25. The first-order valence-electron chi connectivity index (χ1n) is 5.24. The van der Waals surface area contributed by atoms with Gasteiger partial charge in [0.25, 0.3) is 0 Å². The van der Waals surface area contributed by atoms with Gasteiger partial charge in [0.1, 0.15) is 0 Å². The van der Waals surface area contributed by atoms with Crippen molar-refractivity contribution < 1.29 is 10.2 Å². The molecule has 0 saturated heterocycles. The molecule has 0 saturated carbocycles. The van der Waals surface area contributed by atoms with Gasteiger partial charge in [0.15, 0.2) is 0 Å². The van der Waals surface area contributed by atoms with Gasteiger partial charge >= 0.3 is 0 Å². The maximum Gasteiger partial charge on any atom is 0.0523 e. The van der Waals surface area contributed by atoms with Crippen LogP contribution in [0.1, 0.15) is 6.92 Å². The third-order valence-electron chi connectivity index (χ3n) is 2.58. The van der Waals surface area contributed by atoms with E-state index in [-0.39, 0.29) is 13.2 Å². The van der Waals surface area contributed by atoms with Gasteiger partial charge in [-0.1, -0.05) is 19.1 Å². The van der Waals surface area contributed by atoms with E-state index in [0.29, 0.717) is 6.54 Å². The van der Waals surface area contributed by atoms with Crippen LogP contribution >= 0.6 is 11.8 Å². The Morgan fingerprint density at radius 2 is 1.88 bits per heavy atom. The average Bonchev–Trinajstić information content (AvgIpc) is 2.36. The third kappa shape index (κ3) is 3.40. The summed E-state index contributed by atoms with van der Waals surface area (Å²) >= 11 is 1.67. The molecule has 0 aromatic heterocycles. The van der Waals surface area contributed by atoms with Gasteiger partial charge in [0, 0.05) is 22.5 Å². The van der Waals surface area contributed by atoms with E-state index in [1.165, 1.54) is 4.90 Å². The molecule has 0 fully saturated rings. The van der Waals surface area contributed by atoms with E-state index < -0.39 is 5.41 Å². The summed E-state index contributed by atoms with van der Waals surface area (Å²) in [5.41, 5.74) is 0.564. The number of nitrogens with one attached hydrogen (secondary N) is 1. The van der Waals surface area contributed by atoms with Crippen LogP contribution in [0.25, 0.3) is 0 Å². The maximum absolute atomic E-state index is 9.18. The van der Waals surface area contributed by atoms with E-state index in [1.807, 2.05) is 37.4 Å². The van der Waals surface area contributed by atoms with Crippen molar-refractivity contribution in [2.75, 3.05) is 31.3 Å². The van der Waals surface area contributed by atoms with E-state index in [0.717, 1.165) is 5.69 Å². The van der Waals surface area contributed by atoms with Gasteiger partial charge in [0.2, 0.25) is 0 Å². The summed E-state index contributed by atoms with van der Waals surface area (Å²) in [6.07, 6.45) is 2.03. The molecule has 90 valence electrons. The van der Waals surface area contributed by atoms with Crippen LogP contribution in [0, 0.1) is 5.41 Å². The number of rotatable bonds is 6. The monoisotopic (exact) mass is 241 g/mol. The number of para-hydroxylation sites is 1. The molecule has 4 heteroatoms. The summed E-state index contributed by atoms with van der Waals surface area (Å²) in [5.74, 6) is 0. The Bertz CT molecular complexity index is 327. The Morgan fingerprint density at radius 3 is 2.44 bits per heavy atom. The first-order valence-corrected chi connectivity index (χ1v) is 6.46. The highest BCUT2D eigenvalue weighted by Gasteiger charge is 2.22. The van der Waals surface area contributed by atoms with Gasteiger partial charge in [-0.15, -0.1) is 11.8 Å². The number of benzene rings is 1. The van der Waals surface area contributed by atoms with Crippen molar-refractivity contribution in [2.24, 2.45) is 5.41 Å². The highest BCUT2D eigenvalue weighted by atomic mass is 32.2. The maximum atomic E-state index is 9.18. The number of hydrogen-bond acceptors (Lipinski definition) is 4. The second kappa shape index (κ2) is 6.13. The quantitative estimate of drug-likeness (QED) is 0.665. The predicted octanol–water partition coefficient (Wildman–Crippen LogP) is 1.81. The molecule has 0 bridgehead atoms. The largest absolute Gasteiger partial charge is 0.396 e. The number of aliphatic hydroxyl groups excluding tert-OH is 2. The van der Waals surface area contributed by atoms with Crippen LogP contribution in [0.2, 0.25) is 0 Å². The van der Waals surface area contributed by atoms with Crippen molar-refractivity contribution in [1.29, 1.82) is 0 Å². The van der Waals surface area contributed by atoms with Crippen molar-refractivity contribution in [3.63, 3.8) is 0 Å². The number of thioether (sulfide) groups is 1. The lowest BCUT2D eigenvalue weighted by molar-refractivity contribution is 0.0806. The Kier molecular flexibility index (Phi) is 5.12. The molecule has 3 nitrogen and oxygen atoms in total. The van der Waals surface area contributed by atoms with Gasteiger partial charge in [-0.3, -0.25) is 0 Å². The lowest BCUT2D eigenvalue weighted by atomic mass is 9.93. The standard InChI is InChI=1S/C12H19NO2S/c1-12(8-14,9-15)7-13-10-5-3-4-6-11(10)16-2/h3-6,13-15H,7-9H2,1-2H3. The van der Waals surface area contributed by atoms with Crippen LogP contribution in [0.3, 0.4) is 0 Å². The molecule has 0 unspecified atom stereocenters. The molecule has 0 aliphatic rings. The van der Waals surface area contributed by atoms with Crippen LogP contribution in [-0.2, 0) is 0 Å². The first-order chi connectivity index (χ1) is 7.65. The molecule has 0 amide bonds. The van der Waals surface area contributed by atoms with Crippen LogP contribution in [0.4, 0.5) is 5.69 Å². The normalized spacial score (nSPS) is 11.5. The van der Waals surface area contributed by atoms with E-state index in [4.69, 9.17) is 0 Å². The van der Waals surface area contributed by atoms with Gasteiger partial charge < -0.3 is 15.5 Å². The summed E-state index contributed by atoms with van der Waals surface area (Å²) in [6.45, 7) is 2.34. The topological polar surface area (TPSA) is 52.5 Å². The van der Waals surface area contributed by atoms with E-state index in [9.17, 15) is 10.2 Å². The van der Waals surface area contributed by atoms with Crippen molar-refractivity contribution >= 4 is 17.4 Å². The summed E-state index contributed by atoms with van der Waals surface area (Å²) in [4.78, 5) is 1.17. The number of anilines is 1. The molecule has 0 aliphatic heterocycles. The Morgan fingerprint density at radius 1 is 1.25 bits per heavy atom. The van der Waals surface area contributed by atoms with Crippen LogP contribution < -0.4 is 5.32 Å². The Balaban J connectivity index is 2.67. The second-order valence-electron chi connectivity index (χ2n) is 4.18. The molecule has 0 aliphatic carbocycles. The predicted molar refractivity (Wildman–Crippen MR) is 69.0 cm³/mol. The minimum atomic E-state index is -0.481. The highest BCUT2D eigenvalue weighted by molar-refractivity contribution is 7.98. The summed E-state index contributed by atoms with van der Waals surface area (Å²) in [6, 6.07) is 8.01. The van der Waals surface area contributed by atoms with Gasteiger partial charge in [-0.25, -0.2) is 0 Å². The van der Waals surface area contributed by atoms with Gasteiger partial charge in [-0.2, -0.15) is 0 Å². The van der Waals surface area contributed by atoms with Crippen LogP contribution in [0.15, 0.2) is 29.2 Å². The van der Waals surface area contributed by atoms with Crippen LogP contribution in [-0.4, -0.2) is 36.2 Å². The molecule has 0 atom stereocenters. The fourth-order valence-corrected chi connectivity index (χ4v) is 1.84. The molecule has 1 aromatic carbocycles. The fraction of sp³-hybridized carbons (Fsp3) is 0.500. The van der Waals surface area contributed by atoms with Crippen molar-refractivity contribution in [3.05, 3.63) is 24.3 Å². The number of hydrogen-bond donors (Lipinski definition) is 3. The third-order valence-corrected chi connectivity index (χ3v) is 3.37. The summed E-state index contributed by atoms with van der Waals surface area (Å²) in [5, 5.41) is 21.6. The van der Waals surface area contributed by atoms with Gasteiger partial charge in [0.05, 0.1) is 13.2 Å². The molecular weight excluding hydrogens is 222 g/mol. The van der Waals surface area contributed by atoms with Crippen LogP contribution in [0.5, 0.6) is 0 Å². The minimum Gasteiger partial charge on any atom is -0.396 e. The number of aliphatic hydroxyl groups is 2. The molecule has 0 heterocycles. The molecule has 16 heavy (non-hydrogen) atoms. The van der Waals surface area contributed by atoms with E-state index in [2.05, 4.69) is 5.32 Å². The van der Waals surface area contributed by atoms with Crippen molar-refractivity contribution in [1.82, 2.24) is 0 Å². The molecule has 0 spiro atoms. The SMILES string of the molecule is CSc1ccccc1NCC(C)(CO)CO. The molecule has 0 radical (unpaired) electrons. The van der Waals surface area contributed by atoms with Crippen molar-refractivity contribution in [3.8, 4) is 0 Å². The summed E-state index contributed by atoms with van der Waals surface area (Å²) < 4.78 is 0. The molecule has 1 aromatic rings. The van der Waals surface area contributed by atoms with Gasteiger partial charge in [-0.05, 0) is 18.4 Å². The smallest absolute Gasteiger partial charge is 0.0523 e. The van der Waals surface area contributed by atoms with E-state index >= 15 is 0 Å².